The van der Waals surface area contributed by atoms with Crippen LogP contribution in [0.15, 0.2) is 54.6 Å². The molecule has 1 heterocycles. The summed E-state index contributed by atoms with van der Waals surface area (Å²) in [5, 5.41) is 9.87. The summed E-state index contributed by atoms with van der Waals surface area (Å²) in [4.78, 5) is 4.71. The highest BCUT2D eigenvalue weighted by molar-refractivity contribution is 7.13. The van der Waals surface area contributed by atoms with Crippen LogP contribution in [0.3, 0.4) is 0 Å². The van der Waals surface area contributed by atoms with Gasteiger partial charge in [-0.2, -0.15) is 4.98 Å². The van der Waals surface area contributed by atoms with Crippen LogP contribution < -0.4 is 4.74 Å². The quantitative estimate of drug-likeness (QED) is 0.755. The van der Waals surface area contributed by atoms with Gasteiger partial charge < -0.3 is 9.84 Å². The summed E-state index contributed by atoms with van der Waals surface area (Å²) in [6.07, 6.45) is 0. The highest BCUT2D eigenvalue weighted by Crippen LogP contribution is 2.36. The van der Waals surface area contributed by atoms with E-state index in [2.05, 4.69) is 4.98 Å². The van der Waals surface area contributed by atoms with E-state index in [-0.39, 0.29) is 11.8 Å². The van der Waals surface area contributed by atoms with E-state index >= 15 is 0 Å². The predicted molar refractivity (Wildman–Crippen MR) is 85.0 cm³/mol. The maximum atomic E-state index is 9.16. The molecule has 3 nitrogen and oxygen atoms in total. The minimum atomic E-state index is -0.139. The molecule has 0 fully saturated rings. The topological polar surface area (TPSA) is 42.4 Å². The van der Waals surface area contributed by atoms with E-state index < -0.39 is 0 Å². The van der Waals surface area contributed by atoms with Crippen molar-refractivity contribution in [2.45, 2.75) is 6.61 Å². The summed E-state index contributed by atoms with van der Waals surface area (Å²) in [6.45, 7) is -0.139. The van der Waals surface area contributed by atoms with Crippen LogP contribution in [0, 0.1) is 0 Å². The number of halogens is 1. The van der Waals surface area contributed by atoms with E-state index in [9.17, 15) is 0 Å². The van der Waals surface area contributed by atoms with Gasteiger partial charge in [0.25, 0.3) is 5.19 Å². The van der Waals surface area contributed by atoms with Crippen LogP contribution >= 0.6 is 22.9 Å². The summed E-state index contributed by atoms with van der Waals surface area (Å²) in [7, 11) is 0. The number of aromatic nitrogens is 1. The van der Waals surface area contributed by atoms with Gasteiger partial charge in [0.2, 0.25) is 0 Å². The molecule has 0 aliphatic carbocycles. The second kappa shape index (κ2) is 6.26. The number of ether oxygens (including phenoxy) is 1. The van der Waals surface area contributed by atoms with Crippen LogP contribution in [0.5, 0.6) is 10.9 Å². The Morgan fingerprint density at radius 1 is 1.05 bits per heavy atom. The summed E-state index contributed by atoms with van der Waals surface area (Å²) < 4.78 is 5.84. The molecule has 1 N–H and O–H groups in total. The van der Waals surface area contributed by atoms with E-state index in [1.165, 1.54) is 11.3 Å². The van der Waals surface area contributed by atoms with Crippen LogP contribution in [0.2, 0.25) is 5.15 Å². The molecular formula is C16H12ClNO2S. The van der Waals surface area contributed by atoms with E-state index in [0.717, 1.165) is 11.1 Å². The molecule has 0 spiro atoms. The fourth-order valence-corrected chi connectivity index (χ4v) is 2.94. The van der Waals surface area contributed by atoms with Crippen molar-refractivity contribution in [2.75, 3.05) is 0 Å². The molecule has 0 amide bonds. The van der Waals surface area contributed by atoms with Crippen molar-refractivity contribution in [2.24, 2.45) is 0 Å². The van der Waals surface area contributed by atoms with Crippen molar-refractivity contribution in [3.05, 3.63) is 64.6 Å². The Labute approximate surface area is 131 Å². The predicted octanol–water partition coefficient (Wildman–Crippen LogP) is 4.75. The molecule has 2 aromatic carbocycles. The first-order chi connectivity index (χ1) is 10.3. The van der Waals surface area contributed by atoms with Gasteiger partial charge >= 0.3 is 0 Å². The normalized spacial score (nSPS) is 10.6. The highest BCUT2D eigenvalue weighted by atomic mass is 35.5. The van der Waals surface area contributed by atoms with Crippen molar-refractivity contribution in [1.82, 2.24) is 4.98 Å². The minimum Gasteiger partial charge on any atom is -0.430 e. The fourth-order valence-electron chi connectivity index (χ4n) is 1.96. The Morgan fingerprint density at radius 3 is 2.48 bits per heavy atom. The van der Waals surface area contributed by atoms with Gasteiger partial charge in [-0.25, -0.2) is 0 Å². The van der Waals surface area contributed by atoms with Crippen molar-refractivity contribution in [3.8, 4) is 22.1 Å². The van der Waals surface area contributed by atoms with E-state index in [4.69, 9.17) is 21.4 Å². The number of rotatable bonds is 4. The molecule has 0 saturated carbocycles. The summed E-state index contributed by atoms with van der Waals surface area (Å²) >= 11 is 7.17. The smallest absolute Gasteiger partial charge is 0.280 e. The summed E-state index contributed by atoms with van der Waals surface area (Å²) in [5.41, 5.74) is 2.05. The average molecular weight is 318 g/mol. The van der Waals surface area contributed by atoms with Crippen molar-refractivity contribution in [3.63, 3.8) is 0 Å². The molecule has 0 unspecified atom stereocenters. The highest BCUT2D eigenvalue weighted by Gasteiger charge is 2.12. The molecule has 21 heavy (non-hydrogen) atoms. The molecule has 0 aliphatic rings. The van der Waals surface area contributed by atoms with Gasteiger partial charge in [-0.05, 0) is 11.6 Å². The molecule has 0 aliphatic heterocycles. The maximum Gasteiger partial charge on any atom is 0.280 e. The zero-order valence-corrected chi connectivity index (χ0v) is 12.6. The molecule has 3 rings (SSSR count). The first-order valence-electron chi connectivity index (χ1n) is 6.36. The molecule has 0 saturated heterocycles. The largest absolute Gasteiger partial charge is 0.430 e. The second-order valence-electron chi connectivity index (χ2n) is 4.32. The molecular weight excluding hydrogens is 306 g/mol. The number of aliphatic hydroxyl groups is 1. The Kier molecular flexibility index (Phi) is 4.20. The van der Waals surface area contributed by atoms with E-state index in [0.29, 0.717) is 15.8 Å². The average Bonchev–Trinajstić information content (AvgIpc) is 2.88. The van der Waals surface area contributed by atoms with Gasteiger partial charge in [0.05, 0.1) is 11.5 Å². The monoisotopic (exact) mass is 317 g/mol. The standard InChI is InChI=1S/C16H12ClNO2S/c17-15-14(10-19)21-16(18-15)20-13-9-5-4-8-12(13)11-6-2-1-3-7-11/h1-9,19H,10H2. The SMILES string of the molecule is OCc1sc(Oc2ccccc2-c2ccccc2)nc1Cl. The second-order valence-corrected chi connectivity index (χ2v) is 5.72. The van der Waals surface area contributed by atoms with Crippen LogP contribution in [-0.4, -0.2) is 10.1 Å². The van der Waals surface area contributed by atoms with Crippen LogP contribution in [0.4, 0.5) is 0 Å². The summed E-state index contributed by atoms with van der Waals surface area (Å²) in [5.74, 6) is 0.707. The molecule has 0 bridgehead atoms. The van der Waals surface area contributed by atoms with Gasteiger partial charge in [0.15, 0.2) is 0 Å². The van der Waals surface area contributed by atoms with Crippen molar-refractivity contribution in [1.29, 1.82) is 0 Å². The maximum absolute atomic E-state index is 9.16. The molecule has 0 atom stereocenters. The van der Waals surface area contributed by atoms with Crippen LogP contribution in [0.1, 0.15) is 4.88 Å². The van der Waals surface area contributed by atoms with Gasteiger partial charge in [-0.1, -0.05) is 71.5 Å². The lowest BCUT2D eigenvalue weighted by Gasteiger charge is -2.08. The molecule has 0 radical (unpaired) electrons. The van der Waals surface area contributed by atoms with Gasteiger partial charge in [-0.3, -0.25) is 0 Å². The zero-order valence-electron chi connectivity index (χ0n) is 11.0. The lowest BCUT2D eigenvalue weighted by atomic mass is 10.1. The first-order valence-corrected chi connectivity index (χ1v) is 7.55. The lowest BCUT2D eigenvalue weighted by molar-refractivity contribution is 0.285. The number of hydrogen-bond donors (Lipinski definition) is 1. The molecule has 106 valence electrons. The Balaban J connectivity index is 1.96. The van der Waals surface area contributed by atoms with Gasteiger partial charge in [-0.15, -0.1) is 0 Å². The molecule has 5 heteroatoms. The number of aliphatic hydroxyl groups excluding tert-OH is 1. The third-order valence-corrected chi connectivity index (χ3v) is 4.29. The zero-order chi connectivity index (χ0) is 14.7. The van der Waals surface area contributed by atoms with E-state index in [1.54, 1.807) is 0 Å². The van der Waals surface area contributed by atoms with Gasteiger partial charge in [0, 0.05) is 5.56 Å². The van der Waals surface area contributed by atoms with E-state index in [1.807, 2.05) is 54.6 Å². The number of benzene rings is 2. The fraction of sp³-hybridized carbons (Fsp3) is 0.0625. The number of nitrogens with zero attached hydrogens (tertiary/aromatic N) is 1. The number of thiazole rings is 1. The Hall–Kier alpha value is -1.88. The first kappa shape index (κ1) is 14.1. The molecule has 1 aromatic heterocycles. The number of hydrogen-bond acceptors (Lipinski definition) is 4. The lowest BCUT2D eigenvalue weighted by Crippen LogP contribution is -1.87. The Bertz CT molecular complexity index is 743. The molecule has 3 aromatic rings. The van der Waals surface area contributed by atoms with Crippen LogP contribution in [-0.2, 0) is 6.61 Å². The van der Waals surface area contributed by atoms with Gasteiger partial charge in [0.1, 0.15) is 10.9 Å². The summed E-state index contributed by atoms with van der Waals surface area (Å²) in [6, 6.07) is 17.7. The van der Waals surface area contributed by atoms with Crippen molar-refractivity contribution < 1.29 is 9.84 Å². The third kappa shape index (κ3) is 3.08. The van der Waals surface area contributed by atoms with Crippen molar-refractivity contribution >= 4 is 22.9 Å². The number of para-hydroxylation sites is 1. The van der Waals surface area contributed by atoms with Crippen LogP contribution in [0.25, 0.3) is 11.1 Å². The third-order valence-electron chi connectivity index (χ3n) is 2.94. The Morgan fingerprint density at radius 2 is 1.76 bits per heavy atom. The minimum absolute atomic E-state index is 0.139.